The first-order valence-corrected chi connectivity index (χ1v) is 9.31. The molecule has 0 saturated carbocycles. The first-order valence-electron chi connectivity index (χ1n) is 9.31. The summed E-state index contributed by atoms with van der Waals surface area (Å²) in [5.74, 6) is 0.359. The summed E-state index contributed by atoms with van der Waals surface area (Å²) in [6.45, 7) is 1.92. The van der Waals surface area contributed by atoms with Crippen molar-refractivity contribution in [2.45, 2.75) is 6.92 Å². The first kappa shape index (κ1) is 19.1. The van der Waals surface area contributed by atoms with Crippen LogP contribution in [0.4, 0.5) is 22.1 Å². The average Bonchev–Trinajstić information content (AvgIpc) is 2.78. The van der Waals surface area contributed by atoms with Crippen molar-refractivity contribution in [3.05, 3.63) is 90.9 Å². The van der Waals surface area contributed by atoms with Crippen LogP contribution in [0.1, 0.15) is 5.56 Å². The number of aromatic hydroxyl groups is 1. The Kier molecular flexibility index (Phi) is 5.34. The summed E-state index contributed by atoms with van der Waals surface area (Å²) in [7, 11) is 0. The van der Waals surface area contributed by atoms with Gasteiger partial charge in [-0.1, -0.05) is 18.2 Å². The van der Waals surface area contributed by atoms with Crippen molar-refractivity contribution in [3.63, 3.8) is 0 Å². The fourth-order valence-corrected chi connectivity index (χ4v) is 2.98. The predicted molar refractivity (Wildman–Crippen MR) is 116 cm³/mol. The van der Waals surface area contributed by atoms with E-state index in [0.717, 1.165) is 11.1 Å². The van der Waals surface area contributed by atoms with Gasteiger partial charge in [0.15, 0.2) is 0 Å². The summed E-state index contributed by atoms with van der Waals surface area (Å²) in [5.41, 5.74) is 3.58. The molecule has 0 spiro atoms. The maximum atomic E-state index is 13.3. The molecule has 0 bridgehead atoms. The number of anilines is 3. The topological polar surface area (TPSA) is 91.2 Å². The molecule has 7 heteroatoms. The van der Waals surface area contributed by atoms with E-state index < -0.39 is 6.03 Å². The Morgan fingerprint density at radius 2 is 1.77 bits per heavy atom. The Morgan fingerprint density at radius 1 is 0.967 bits per heavy atom. The van der Waals surface area contributed by atoms with Gasteiger partial charge in [0.25, 0.3) is 0 Å². The minimum absolute atomic E-state index is 0.122. The minimum atomic E-state index is -0.418. The van der Waals surface area contributed by atoms with E-state index in [1.807, 2.05) is 43.3 Å². The van der Waals surface area contributed by atoms with Gasteiger partial charge in [0.2, 0.25) is 5.95 Å². The second-order valence-corrected chi connectivity index (χ2v) is 6.58. The van der Waals surface area contributed by atoms with E-state index in [-0.39, 0.29) is 11.7 Å². The summed E-state index contributed by atoms with van der Waals surface area (Å²) >= 11 is 0. The Bertz CT molecular complexity index is 1160. The number of carbonyl (C=O) groups is 1. The lowest BCUT2D eigenvalue weighted by atomic mass is 10.2. The largest absolute Gasteiger partial charge is 0.508 e. The van der Waals surface area contributed by atoms with Gasteiger partial charge < -0.3 is 10.4 Å². The highest BCUT2D eigenvalue weighted by Gasteiger charge is 2.23. The fourth-order valence-electron chi connectivity index (χ4n) is 2.98. The van der Waals surface area contributed by atoms with E-state index in [2.05, 4.69) is 20.3 Å². The molecule has 0 aliphatic carbocycles. The highest BCUT2D eigenvalue weighted by molar-refractivity contribution is 6.06. The predicted octanol–water partition coefficient (Wildman–Crippen LogP) is 4.92. The standard InChI is InChI=1S/C23H19N5O2/c1-16-5-2-3-7-21(16)28(23(30)26-18-8-10-19(29)11-9-18)22-25-14-12-20(27-22)17-6-4-13-24-15-17/h2-15,29H,1H3,(H,26,30). The number of benzene rings is 2. The van der Waals surface area contributed by atoms with Gasteiger partial charge >= 0.3 is 6.03 Å². The number of nitrogens with one attached hydrogen (secondary N) is 1. The number of amides is 2. The van der Waals surface area contributed by atoms with Gasteiger partial charge in [0.05, 0.1) is 11.4 Å². The van der Waals surface area contributed by atoms with E-state index in [0.29, 0.717) is 17.1 Å². The number of hydrogen-bond donors (Lipinski definition) is 2. The lowest BCUT2D eigenvalue weighted by Crippen LogP contribution is -2.32. The quantitative estimate of drug-likeness (QED) is 0.477. The molecule has 30 heavy (non-hydrogen) atoms. The van der Waals surface area contributed by atoms with Crippen molar-refractivity contribution < 1.29 is 9.90 Å². The molecule has 2 amide bonds. The van der Waals surface area contributed by atoms with E-state index in [1.165, 1.54) is 17.0 Å². The Balaban J connectivity index is 1.75. The number of rotatable bonds is 4. The van der Waals surface area contributed by atoms with Gasteiger partial charge in [-0.3, -0.25) is 4.98 Å². The smallest absolute Gasteiger partial charge is 0.333 e. The second-order valence-electron chi connectivity index (χ2n) is 6.58. The molecule has 148 valence electrons. The molecule has 0 saturated heterocycles. The maximum Gasteiger partial charge on any atom is 0.333 e. The van der Waals surface area contributed by atoms with Crippen molar-refractivity contribution in [2.24, 2.45) is 0 Å². The molecule has 4 rings (SSSR count). The monoisotopic (exact) mass is 397 g/mol. The minimum Gasteiger partial charge on any atom is -0.508 e. The van der Waals surface area contributed by atoms with Gasteiger partial charge in [-0.25, -0.2) is 19.7 Å². The molecule has 7 nitrogen and oxygen atoms in total. The molecule has 2 N–H and O–H groups in total. The third kappa shape index (κ3) is 4.10. The number of carbonyl (C=O) groups excluding carboxylic acids is 1. The van der Waals surface area contributed by atoms with Crippen LogP contribution in [0.15, 0.2) is 85.3 Å². The number of nitrogens with zero attached hydrogens (tertiary/aromatic N) is 4. The van der Waals surface area contributed by atoms with Gasteiger partial charge in [0.1, 0.15) is 5.75 Å². The van der Waals surface area contributed by atoms with E-state index in [9.17, 15) is 9.90 Å². The van der Waals surface area contributed by atoms with Gasteiger partial charge in [-0.05, 0) is 61.0 Å². The first-order chi connectivity index (χ1) is 14.6. The van der Waals surface area contributed by atoms with Crippen LogP contribution in [0.2, 0.25) is 0 Å². The number of pyridine rings is 1. The molecule has 0 fully saturated rings. The SMILES string of the molecule is Cc1ccccc1N(C(=O)Nc1ccc(O)cc1)c1nccc(-c2cccnc2)n1. The highest BCUT2D eigenvalue weighted by Crippen LogP contribution is 2.28. The number of hydrogen-bond acceptors (Lipinski definition) is 5. The summed E-state index contributed by atoms with van der Waals surface area (Å²) in [6, 6.07) is 18.9. The van der Waals surface area contributed by atoms with Crippen LogP contribution < -0.4 is 10.2 Å². The van der Waals surface area contributed by atoms with Gasteiger partial charge in [-0.15, -0.1) is 0 Å². The third-order valence-electron chi connectivity index (χ3n) is 4.48. The van der Waals surface area contributed by atoms with Crippen LogP contribution in [0, 0.1) is 6.92 Å². The fraction of sp³-hybridized carbons (Fsp3) is 0.0435. The zero-order valence-corrected chi connectivity index (χ0v) is 16.2. The van der Waals surface area contributed by atoms with E-state index in [1.54, 1.807) is 36.8 Å². The van der Waals surface area contributed by atoms with Crippen molar-refractivity contribution >= 4 is 23.4 Å². The second kappa shape index (κ2) is 8.40. The highest BCUT2D eigenvalue weighted by atomic mass is 16.3. The van der Waals surface area contributed by atoms with E-state index in [4.69, 9.17) is 0 Å². The summed E-state index contributed by atoms with van der Waals surface area (Å²) in [4.78, 5) is 27.8. The van der Waals surface area contributed by atoms with Crippen LogP contribution in [0.5, 0.6) is 5.75 Å². The lowest BCUT2D eigenvalue weighted by molar-refractivity contribution is 0.258. The van der Waals surface area contributed by atoms with Crippen LogP contribution in [-0.4, -0.2) is 26.1 Å². The molecular formula is C23H19N5O2. The molecule has 0 aliphatic rings. The molecule has 0 aliphatic heterocycles. The normalized spacial score (nSPS) is 10.4. The number of urea groups is 1. The molecule has 4 aromatic rings. The van der Waals surface area contributed by atoms with Gasteiger partial charge in [-0.2, -0.15) is 0 Å². The number of aryl methyl sites for hydroxylation is 1. The zero-order chi connectivity index (χ0) is 20.9. The molecule has 0 unspecified atom stereocenters. The molecule has 0 atom stereocenters. The van der Waals surface area contributed by atoms with Crippen molar-refractivity contribution in [3.8, 4) is 17.0 Å². The molecule has 2 aromatic carbocycles. The Hall–Kier alpha value is -4.26. The summed E-state index contributed by atoms with van der Waals surface area (Å²) in [6.07, 6.45) is 5.01. The average molecular weight is 397 g/mol. The molecule has 0 radical (unpaired) electrons. The maximum absolute atomic E-state index is 13.3. The van der Waals surface area contributed by atoms with Crippen LogP contribution >= 0.6 is 0 Å². The Morgan fingerprint density at radius 3 is 2.50 bits per heavy atom. The van der Waals surface area contributed by atoms with Crippen LogP contribution in [-0.2, 0) is 0 Å². The van der Waals surface area contributed by atoms with Crippen molar-refractivity contribution in [1.82, 2.24) is 15.0 Å². The number of para-hydroxylation sites is 1. The molecule has 2 heterocycles. The van der Waals surface area contributed by atoms with E-state index >= 15 is 0 Å². The zero-order valence-electron chi connectivity index (χ0n) is 16.2. The molecule has 2 aromatic heterocycles. The number of aromatic nitrogens is 3. The van der Waals surface area contributed by atoms with Crippen molar-refractivity contribution in [2.75, 3.05) is 10.2 Å². The summed E-state index contributed by atoms with van der Waals surface area (Å²) < 4.78 is 0. The van der Waals surface area contributed by atoms with Crippen LogP contribution in [0.25, 0.3) is 11.3 Å². The van der Waals surface area contributed by atoms with Gasteiger partial charge in [0, 0.05) is 29.8 Å². The van der Waals surface area contributed by atoms with Crippen molar-refractivity contribution in [1.29, 1.82) is 0 Å². The lowest BCUT2D eigenvalue weighted by Gasteiger charge is -2.23. The molecular weight excluding hydrogens is 378 g/mol. The number of phenolic OH excluding ortho intramolecular Hbond substituents is 1. The summed E-state index contributed by atoms with van der Waals surface area (Å²) in [5, 5.41) is 12.3. The number of phenols is 1. The third-order valence-corrected chi connectivity index (χ3v) is 4.48. The van der Waals surface area contributed by atoms with Crippen LogP contribution in [0.3, 0.4) is 0 Å². The Labute approximate surface area is 173 Å².